The van der Waals surface area contributed by atoms with Gasteiger partial charge in [-0.05, 0) is 18.5 Å². The Morgan fingerprint density at radius 3 is 2.26 bits per heavy atom. The van der Waals surface area contributed by atoms with Crippen molar-refractivity contribution in [2.24, 2.45) is 5.73 Å². The molecule has 0 unspecified atom stereocenters. The molecule has 2 rings (SSSR count). The number of piperazine rings is 1. The first-order valence-electron chi connectivity index (χ1n) is 7.73. The number of nitrogens with one attached hydrogen (secondary N) is 1. The van der Waals surface area contributed by atoms with E-state index in [-0.39, 0.29) is 30.7 Å². The van der Waals surface area contributed by atoms with Crippen LogP contribution in [0, 0.1) is 0 Å². The number of hydrogen-bond acceptors (Lipinski definition) is 4. The van der Waals surface area contributed by atoms with Crippen LogP contribution in [-0.2, 0) is 11.3 Å². The zero-order valence-corrected chi connectivity index (χ0v) is 15.1. The second-order valence-corrected chi connectivity index (χ2v) is 5.53. The molecule has 0 spiro atoms. The molecule has 1 fully saturated rings. The van der Waals surface area contributed by atoms with E-state index >= 15 is 0 Å². The van der Waals surface area contributed by atoms with E-state index in [4.69, 9.17) is 5.73 Å². The molecule has 23 heavy (non-hydrogen) atoms. The molecule has 1 aliphatic rings. The van der Waals surface area contributed by atoms with E-state index < -0.39 is 0 Å². The van der Waals surface area contributed by atoms with Gasteiger partial charge < -0.3 is 11.1 Å². The Morgan fingerprint density at radius 1 is 1.04 bits per heavy atom. The normalized spacial score (nSPS) is 15.3. The molecule has 0 aliphatic carbocycles. The van der Waals surface area contributed by atoms with Gasteiger partial charge in [0.1, 0.15) is 0 Å². The van der Waals surface area contributed by atoms with Crippen LogP contribution in [0.3, 0.4) is 0 Å². The minimum absolute atomic E-state index is 0. The van der Waals surface area contributed by atoms with E-state index in [0.29, 0.717) is 19.6 Å². The lowest BCUT2D eigenvalue weighted by Crippen LogP contribution is -2.49. The lowest BCUT2D eigenvalue weighted by atomic mass is 10.2. The molecule has 1 aromatic carbocycles. The molecule has 0 radical (unpaired) electrons. The van der Waals surface area contributed by atoms with Crippen LogP contribution in [0.1, 0.15) is 12.0 Å². The van der Waals surface area contributed by atoms with Crippen LogP contribution in [0.25, 0.3) is 0 Å². The SMILES string of the molecule is Cl.Cl.NCCCNC(=O)CN1CCN(Cc2ccccc2)CC1. The maximum Gasteiger partial charge on any atom is 0.234 e. The number of benzene rings is 1. The quantitative estimate of drug-likeness (QED) is 0.713. The largest absolute Gasteiger partial charge is 0.355 e. The first-order chi connectivity index (χ1) is 10.3. The number of carbonyl (C=O) groups excluding carboxylic acids is 1. The van der Waals surface area contributed by atoms with E-state index in [0.717, 1.165) is 39.1 Å². The second-order valence-electron chi connectivity index (χ2n) is 5.53. The van der Waals surface area contributed by atoms with Crippen LogP contribution < -0.4 is 11.1 Å². The Kier molecular flexibility index (Phi) is 12.1. The number of rotatable bonds is 7. The van der Waals surface area contributed by atoms with Gasteiger partial charge in [-0.2, -0.15) is 0 Å². The molecule has 3 N–H and O–H groups in total. The van der Waals surface area contributed by atoms with Crippen molar-refractivity contribution < 1.29 is 4.79 Å². The lowest BCUT2D eigenvalue weighted by Gasteiger charge is -2.34. The smallest absolute Gasteiger partial charge is 0.234 e. The summed E-state index contributed by atoms with van der Waals surface area (Å²) in [4.78, 5) is 16.4. The Hall–Kier alpha value is -0.850. The third-order valence-corrected chi connectivity index (χ3v) is 3.78. The van der Waals surface area contributed by atoms with E-state index in [2.05, 4.69) is 39.4 Å². The average molecular weight is 363 g/mol. The average Bonchev–Trinajstić information content (AvgIpc) is 2.51. The summed E-state index contributed by atoms with van der Waals surface area (Å²) in [5.41, 5.74) is 6.76. The number of hydrogen-bond donors (Lipinski definition) is 2. The minimum Gasteiger partial charge on any atom is -0.355 e. The maximum atomic E-state index is 11.8. The van der Waals surface area contributed by atoms with Crippen LogP contribution in [0.15, 0.2) is 30.3 Å². The molecule has 1 heterocycles. The van der Waals surface area contributed by atoms with Crippen molar-refractivity contribution in [3.63, 3.8) is 0 Å². The molecule has 7 heteroatoms. The van der Waals surface area contributed by atoms with Crippen LogP contribution in [0.5, 0.6) is 0 Å². The first kappa shape index (κ1) is 22.1. The van der Waals surface area contributed by atoms with Crippen molar-refractivity contribution in [2.45, 2.75) is 13.0 Å². The molecule has 1 amide bonds. The topological polar surface area (TPSA) is 61.6 Å². The highest BCUT2D eigenvalue weighted by Gasteiger charge is 2.18. The maximum absolute atomic E-state index is 11.8. The fourth-order valence-corrected chi connectivity index (χ4v) is 2.54. The van der Waals surface area contributed by atoms with Gasteiger partial charge in [0.05, 0.1) is 6.54 Å². The summed E-state index contributed by atoms with van der Waals surface area (Å²) in [6, 6.07) is 10.5. The van der Waals surface area contributed by atoms with Gasteiger partial charge in [0.25, 0.3) is 0 Å². The van der Waals surface area contributed by atoms with E-state index in [1.165, 1.54) is 5.56 Å². The third kappa shape index (κ3) is 8.53. The van der Waals surface area contributed by atoms with Gasteiger partial charge in [0.15, 0.2) is 0 Å². The summed E-state index contributed by atoms with van der Waals surface area (Å²) in [5.74, 6) is 0.111. The van der Waals surface area contributed by atoms with Crippen LogP contribution in [-0.4, -0.2) is 61.5 Å². The van der Waals surface area contributed by atoms with E-state index in [1.807, 2.05) is 6.07 Å². The van der Waals surface area contributed by atoms with Crippen molar-refractivity contribution in [1.29, 1.82) is 0 Å². The third-order valence-electron chi connectivity index (χ3n) is 3.78. The molecule has 0 atom stereocenters. The molecule has 0 bridgehead atoms. The fourth-order valence-electron chi connectivity index (χ4n) is 2.54. The van der Waals surface area contributed by atoms with E-state index in [9.17, 15) is 4.79 Å². The number of nitrogens with two attached hydrogens (primary N) is 1. The first-order valence-corrected chi connectivity index (χ1v) is 7.73. The molecular formula is C16H28Cl2N4O. The molecule has 132 valence electrons. The van der Waals surface area contributed by atoms with Gasteiger partial charge in [-0.3, -0.25) is 14.6 Å². The predicted molar refractivity (Wildman–Crippen MR) is 99.3 cm³/mol. The van der Waals surface area contributed by atoms with Gasteiger partial charge in [-0.15, -0.1) is 24.8 Å². The van der Waals surface area contributed by atoms with Gasteiger partial charge in [-0.1, -0.05) is 30.3 Å². The van der Waals surface area contributed by atoms with Gasteiger partial charge in [0, 0.05) is 39.3 Å². The highest BCUT2D eigenvalue weighted by atomic mass is 35.5. The highest BCUT2D eigenvalue weighted by Crippen LogP contribution is 2.08. The fraction of sp³-hybridized carbons (Fsp3) is 0.562. The van der Waals surface area contributed by atoms with Gasteiger partial charge in [-0.25, -0.2) is 0 Å². The van der Waals surface area contributed by atoms with Crippen molar-refractivity contribution in [2.75, 3.05) is 45.8 Å². The summed E-state index contributed by atoms with van der Waals surface area (Å²) in [6.07, 6.45) is 0.844. The van der Waals surface area contributed by atoms with E-state index in [1.54, 1.807) is 0 Å². The second kappa shape index (κ2) is 12.6. The Morgan fingerprint density at radius 2 is 1.65 bits per heavy atom. The predicted octanol–water partition coefficient (Wildman–Crippen LogP) is 1.11. The molecule has 1 saturated heterocycles. The summed E-state index contributed by atoms with van der Waals surface area (Å²) >= 11 is 0. The molecule has 0 saturated carbocycles. The number of carbonyl (C=O) groups is 1. The monoisotopic (exact) mass is 362 g/mol. The Labute approximate surface area is 151 Å². The van der Waals surface area contributed by atoms with Crippen molar-refractivity contribution >= 4 is 30.7 Å². The molecule has 1 aliphatic heterocycles. The summed E-state index contributed by atoms with van der Waals surface area (Å²) in [5, 5.41) is 2.91. The zero-order valence-electron chi connectivity index (χ0n) is 13.4. The van der Waals surface area contributed by atoms with Crippen LogP contribution in [0.4, 0.5) is 0 Å². The molecular weight excluding hydrogens is 335 g/mol. The highest BCUT2D eigenvalue weighted by molar-refractivity contribution is 5.85. The summed E-state index contributed by atoms with van der Waals surface area (Å²) < 4.78 is 0. The number of nitrogens with zero attached hydrogens (tertiary/aromatic N) is 2. The van der Waals surface area contributed by atoms with Gasteiger partial charge >= 0.3 is 0 Å². The summed E-state index contributed by atoms with van der Waals surface area (Å²) in [6.45, 7) is 6.76. The number of halogens is 2. The Bertz CT molecular complexity index is 425. The molecule has 5 nitrogen and oxygen atoms in total. The zero-order chi connectivity index (χ0) is 14.9. The van der Waals surface area contributed by atoms with Crippen LogP contribution >= 0.6 is 24.8 Å². The van der Waals surface area contributed by atoms with Crippen molar-refractivity contribution in [3.05, 3.63) is 35.9 Å². The number of amides is 1. The van der Waals surface area contributed by atoms with Gasteiger partial charge in [0.2, 0.25) is 5.91 Å². The Balaban J connectivity index is 0.00000242. The lowest BCUT2D eigenvalue weighted by molar-refractivity contribution is -0.122. The van der Waals surface area contributed by atoms with Crippen molar-refractivity contribution in [1.82, 2.24) is 15.1 Å². The van der Waals surface area contributed by atoms with Crippen LogP contribution in [0.2, 0.25) is 0 Å². The standard InChI is InChI=1S/C16H26N4O.2ClH/c17-7-4-8-18-16(21)14-20-11-9-19(10-12-20)13-15-5-2-1-3-6-15;;/h1-3,5-6H,4,7-14,17H2,(H,18,21);2*1H. The minimum atomic E-state index is 0. The van der Waals surface area contributed by atoms with Crippen molar-refractivity contribution in [3.8, 4) is 0 Å². The molecule has 0 aromatic heterocycles. The summed E-state index contributed by atoms with van der Waals surface area (Å²) in [7, 11) is 0. The molecule has 1 aromatic rings.